The fourth-order valence-electron chi connectivity index (χ4n) is 4.62. The van der Waals surface area contributed by atoms with Gasteiger partial charge in [-0.25, -0.2) is 9.79 Å². The van der Waals surface area contributed by atoms with Crippen LogP contribution in [0, 0.1) is 5.92 Å². The number of aromatic nitrogens is 1. The predicted molar refractivity (Wildman–Crippen MR) is 161 cm³/mol. The van der Waals surface area contributed by atoms with E-state index in [1.807, 2.05) is 84.9 Å². The lowest BCUT2D eigenvalue weighted by Gasteiger charge is -2.26. The Hall–Kier alpha value is -4.43. The van der Waals surface area contributed by atoms with E-state index in [9.17, 15) is 9.59 Å². The molecule has 1 aromatic heterocycles. The Kier molecular flexibility index (Phi) is 8.50. The maximum Gasteiger partial charge on any atom is 0.338 e. The summed E-state index contributed by atoms with van der Waals surface area (Å²) in [6.07, 6.45) is 1.84. The molecular weight excluding hydrogens is 536 g/mol. The Morgan fingerprint density at radius 1 is 1.00 bits per heavy atom. The molecule has 0 amide bonds. The Morgan fingerprint density at radius 2 is 1.68 bits per heavy atom. The number of hydrogen-bond acceptors (Lipinski definition) is 7. The maximum atomic E-state index is 14.0. The van der Waals surface area contributed by atoms with Gasteiger partial charge < -0.3 is 14.2 Å². The molecule has 0 spiro atoms. The summed E-state index contributed by atoms with van der Waals surface area (Å²) in [7, 11) is 1.60. The number of hydrogen-bond donors (Lipinski definition) is 0. The molecule has 1 atom stereocenters. The standard InChI is InChI=1S/C33H32N2O5S/c1-5-39-32(37)28-29(23-9-7-6-8-10-23)34-33-35(30(28)24-13-17-25(38-4)18-14-24)31(36)27(41-33)19-22-11-15-26(16-12-22)40-20-21(2)3/h6-19,21,30H,5,20H2,1-4H3/b27-19+/t30-/m1/s1. The van der Waals surface area contributed by atoms with E-state index in [0.29, 0.717) is 38.9 Å². The number of rotatable bonds is 9. The zero-order valence-electron chi connectivity index (χ0n) is 23.5. The molecule has 8 heteroatoms. The predicted octanol–water partition coefficient (Wildman–Crippen LogP) is 4.98. The van der Waals surface area contributed by atoms with Crippen molar-refractivity contribution in [1.82, 2.24) is 4.57 Å². The number of carbonyl (C=O) groups excluding carboxylic acids is 1. The molecule has 0 saturated carbocycles. The molecule has 3 aromatic carbocycles. The fourth-order valence-corrected chi connectivity index (χ4v) is 5.62. The largest absolute Gasteiger partial charge is 0.497 e. The van der Waals surface area contributed by atoms with Gasteiger partial charge in [-0.05, 0) is 54.3 Å². The van der Waals surface area contributed by atoms with Crippen LogP contribution < -0.4 is 24.4 Å². The summed E-state index contributed by atoms with van der Waals surface area (Å²) in [6, 6.07) is 23.8. The van der Waals surface area contributed by atoms with Crippen molar-refractivity contribution in [2.45, 2.75) is 26.8 Å². The number of carbonyl (C=O) groups is 1. The van der Waals surface area contributed by atoms with Crippen LogP contribution in [0.3, 0.4) is 0 Å². The van der Waals surface area contributed by atoms with Crippen molar-refractivity contribution >= 4 is 29.1 Å². The van der Waals surface area contributed by atoms with Crippen molar-refractivity contribution in [3.8, 4) is 11.5 Å². The van der Waals surface area contributed by atoms with Gasteiger partial charge in [0, 0.05) is 5.56 Å². The smallest absolute Gasteiger partial charge is 0.338 e. The summed E-state index contributed by atoms with van der Waals surface area (Å²) < 4.78 is 18.8. The van der Waals surface area contributed by atoms with Crippen molar-refractivity contribution in [2.75, 3.05) is 20.3 Å². The first-order valence-electron chi connectivity index (χ1n) is 13.5. The van der Waals surface area contributed by atoms with Gasteiger partial charge in [-0.15, -0.1) is 0 Å². The van der Waals surface area contributed by atoms with E-state index in [-0.39, 0.29) is 12.2 Å². The zero-order chi connectivity index (χ0) is 28.9. The van der Waals surface area contributed by atoms with Crippen LogP contribution in [0.4, 0.5) is 0 Å². The molecule has 1 aliphatic rings. The second-order valence-corrected chi connectivity index (χ2v) is 11.0. The van der Waals surface area contributed by atoms with Gasteiger partial charge in [-0.1, -0.05) is 79.8 Å². The molecule has 0 unspecified atom stereocenters. The van der Waals surface area contributed by atoms with Crippen LogP contribution in [0.15, 0.2) is 94.2 Å². The summed E-state index contributed by atoms with van der Waals surface area (Å²) in [6.45, 7) is 6.79. The van der Waals surface area contributed by atoms with Gasteiger partial charge in [0.2, 0.25) is 0 Å². The Labute approximate surface area is 242 Å². The first kappa shape index (κ1) is 28.1. The minimum atomic E-state index is -0.736. The lowest BCUT2D eigenvalue weighted by Crippen LogP contribution is -2.40. The van der Waals surface area contributed by atoms with Crippen molar-refractivity contribution in [3.05, 3.63) is 121 Å². The van der Waals surface area contributed by atoms with Gasteiger partial charge in [0.05, 0.1) is 42.2 Å². The monoisotopic (exact) mass is 568 g/mol. The van der Waals surface area contributed by atoms with Crippen molar-refractivity contribution < 1.29 is 19.0 Å². The fraction of sp³-hybridized carbons (Fsp3) is 0.242. The van der Waals surface area contributed by atoms with E-state index in [2.05, 4.69) is 13.8 Å². The quantitative estimate of drug-likeness (QED) is 0.266. The number of methoxy groups -OCH3 is 1. The van der Waals surface area contributed by atoms with E-state index in [0.717, 1.165) is 22.4 Å². The highest BCUT2D eigenvalue weighted by Crippen LogP contribution is 2.35. The summed E-state index contributed by atoms with van der Waals surface area (Å²) in [5.41, 5.74) is 2.95. The molecule has 4 aromatic rings. The first-order valence-corrected chi connectivity index (χ1v) is 14.4. The average molecular weight is 569 g/mol. The van der Waals surface area contributed by atoms with Crippen molar-refractivity contribution in [1.29, 1.82) is 0 Å². The molecule has 0 fully saturated rings. The molecule has 0 bridgehead atoms. The van der Waals surface area contributed by atoms with Crippen LogP contribution in [-0.2, 0) is 9.53 Å². The lowest BCUT2D eigenvalue weighted by molar-refractivity contribution is -0.138. The van der Waals surface area contributed by atoms with Crippen LogP contribution in [0.25, 0.3) is 11.8 Å². The number of thiazole rings is 1. The third-order valence-electron chi connectivity index (χ3n) is 6.57. The molecule has 0 saturated heterocycles. The number of fused-ring (bicyclic) bond motifs is 1. The molecule has 210 valence electrons. The number of nitrogens with zero attached hydrogens (tertiary/aromatic N) is 2. The molecule has 0 aliphatic carbocycles. The Bertz CT molecular complexity index is 1730. The molecule has 0 radical (unpaired) electrons. The third kappa shape index (κ3) is 6.02. The summed E-state index contributed by atoms with van der Waals surface area (Å²) in [4.78, 5) is 32.9. The highest BCUT2D eigenvalue weighted by atomic mass is 32.1. The van der Waals surface area contributed by atoms with Crippen LogP contribution >= 0.6 is 11.3 Å². The second-order valence-electron chi connectivity index (χ2n) is 9.98. The maximum absolute atomic E-state index is 14.0. The minimum Gasteiger partial charge on any atom is -0.497 e. The minimum absolute atomic E-state index is 0.195. The SMILES string of the molecule is CCOC(=O)C1=C(c2ccccc2)N=c2s/c(=C/c3ccc(OCC(C)C)cc3)c(=O)n2[C@@H]1c1ccc(OC)cc1. The van der Waals surface area contributed by atoms with E-state index in [4.69, 9.17) is 19.2 Å². The molecule has 41 heavy (non-hydrogen) atoms. The number of esters is 1. The second kappa shape index (κ2) is 12.4. The topological polar surface area (TPSA) is 79.1 Å². The number of ether oxygens (including phenoxy) is 3. The van der Waals surface area contributed by atoms with Crippen LogP contribution in [0.2, 0.25) is 0 Å². The Balaban J connectivity index is 1.70. The van der Waals surface area contributed by atoms with Crippen molar-refractivity contribution in [2.24, 2.45) is 10.9 Å². The number of benzene rings is 3. The molecule has 5 rings (SSSR count). The summed E-state index contributed by atoms with van der Waals surface area (Å²) >= 11 is 1.29. The van der Waals surface area contributed by atoms with E-state index >= 15 is 0 Å². The molecule has 1 aliphatic heterocycles. The van der Waals surface area contributed by atoms with Gasteiger partial charge in [-0.3, -0.25) is 9.36 Å². The summed E-state index contributed by atoms with van der Waals surface area (Å²) in [5.74, 6) is 1.37. The van der Waals surface area contributed by atoms with Gasteiger partial charge in [-0.2, -0.15) is 0 Å². The van der Waals surface area contributed by atoms with Gasteiger partial charge in [0.15, 0.2) is 4.80 Å². The van der Waals surface area contributed by atoms with Gasteiger partial charge >= 0.3 is 5.97 Å². The molecule has 2 heterocycles. The third-order valence-corrected chi connectivity index (χ3v) is 7.55. The highest BCUT2D eigenvalue weighted by Gasteiger charge is 2.35. The van der Waals surface area contributed by atoms with Crippen LogP contribution in [0.5, 0.6) is 11.5 Å². The molecule has 0 N–H and O–H groups in total. The lowest BCUT2D eigenvalue weighted by atomic mass is 9.93. The van der Waals surface area contributed by atoms with Gasteiger partial charge in [0.1, 0.15) is 11.5 Å². The van der Waals surface area contributed by atoms with Crippen molar-refractivity contribution in [3.63, 3.8) is 0 Å². The van der Waals surface area contributed by atoms with Crippen LogP contribution in [0.1, 0.15) is 43.5 Å². The Morgan fingerprint density at radius 3 is 2.32 bits per heavy atom. The average Bonchev–Trinajstić information content (AvgIpc) is 3.30. The van der Waals surface area contributed by atoms with E-state index in [1.165, 1.54) is 11.3 Å². The highest BCUT2D eigenvalue weighted by molar-refractivity contribution is 7.07. The van der Waals surface area contributed by atoms with E-state index in [1.54, 1.807) is 18.6 Å². The van der Waals surface area contributed by atoms with E-state index < -0.39 is 12.0 Å². The van der Waals surface area contributed by atoms with Crippen LogP contribution in [-0.4, -0.2) is 30.9 Å². The molecule has 7 nitrogen and oxygen atoms in total. The first-order chi connectivity index (χ1) is 19.9. The normalized spacial score (nSPS) is 15.0. The molecular formula is C33H32N2O5S. The summed E-state index contributed by atoms with van der Waals surface area (Å²) in [5, 5.41) is 0. The van der Waals surface area contributed by atoms with Gasteiger partial charge in [0.25, 0.3) is 5.56 Å². The zero-order valence-corrected chi connectivity index (χ0v) is 24.3.